The van der Waals surface area contributed by atoms with Crippen LogP contribution >= 0.6 is 0 Å². The Kier molecular flexibility index (Phi) is 5.16. The lowest BCUT2D eigenvalue weighted by molar-refractivity contribution is 0.189. The Morgan fingerprint density at radius 1 is 1.25 bits per heavy atom. The molecule has 1 aromatic heterocycles. The van der Waals surface area contributed by atoms with Crippen molar-refractivity contribution in [3.05, 3.63) is 11.8 Å². The minimum atomic E-state index is -0.0721. The van der Waals surface area contributed by atoms with Gasteiger partial charge in [-0.05, 0) is 38.4 Å². The van der Waals surface area contributed by atoms with Crippen LogP contribution in [0.25, 0.3) is 0 Å². The molecule has 20 heavy (non-hydrogen) atoms. The quantitative estimate of drug-likeness (QED) is 0.896. The van der Waals surface area contributed by atoms with E-state index < -0.39 is 0 Å². The summed E-state index contributed by atoms with van der Waals surface area (Å²) in [5.74, 6) is 2.26. The van der Waals surface area contributed by atoms with Crippen molar-refractivity contribution in [3.8, 4) is 0 Å². The molecule has 5 heteroatoms. The van der Waals surface area contributed by atoms with Crippen molar-refractivity contribution in [2.45, 2.75) is 52.5 Å². The highest BCUT2D eigenvalue weighted by Crippen LogP contribution is 2.21. The maximum Gasteiger partial charge on any atom is 0.230 e. The molecule has 0 radical (unpaired) electrons. The van der Waals surface area contributed by atoms with Crippen molar-refractivity contribution in [1.82, 2.24) is 20.4 Å². The number of hydrogen-bond donors (Lipinski definition) is 1. The average Bonchev–Trinajstić information content (AvgIpc) is 2.87. The molecule has 0 bridgehead atoms. The van der Waals surface area contributed by atoms with Crippen LogP contribution in [0, 0.1) is 5.92 Å². The molecule has 0 unspecified atom stereocenters. The number of nitrogens with zero attached hydrogens (tertiary/aromatic N) is 3. The van der Waals surface area contributed by atoms with Gasteiger partial charge in [-0.3, -0.25) is 4.90 Å². The van der Waals surface area contributed by atoms with Gasteiger partial charge in [0, 0.05) is 12.0 Å². The van der Waals surface area contributed by atoms with Crippen molar-refractivity contribution in [2.24, 2.45) is 5.92 Å². The molecule has 1 aliphatic heterocycles. The first-order chi connectivity index (χ1) is 9.49. The van der Waals surface area contributed by atoms with Crippen LogP contribution in [0.5, 0.6) is 0 Å². The highest BCUT2D eigenvalue weighted by Gasteiger charge is 2.23. The van der Waals surface area contributed by atoms with Crippen molar-refractivity contribution in [2.75, 3.05) is 26.2 Å². The Balaban J connectivity index is 1.90. The fourth-order valence-electron chi connectivity index (χ4n) is 2.55. The largest absolute Gasteiger partial charge is 0.423 e. The average molecular weight is 280 g/mol. The lowest BCUT2D eigenvalue weighted by Gasteiger charge is -2.28. The summed E-state index contributed by atoms with van der Waals surface area (Å²) in [6.45, 7) is 13.7. The van der Waals surface area contributed by atoms with Gasteiger partial charge in [0.05, 0.1) is 6.54 Å². The molecular formula is C15H28N4O. The Morgan fingerprint density at radius 3 is 2.50 bits per heavy atom. The van der Waals surface area contributed by atoms with Crippen LogP contribution in [0.3, 0.4) is 0 Å². The fourth-order valence-corrected chi connectivity index (χ4v) is 2.55. The predicted octanol–water partition coefficient (Wildman–Crippen LogP) is 2.19. The second-order valence-electron chi connectivity index (χ2n) is 6.77. The van der Waals surface area contributed by atoms with Crippen LogP contribution in [0.1, 0.15) is 52.3 Å². The van der Waals surface area contributed by atoms with Crippen LogP contribution in [-0.4, -0.2) is 41.3 Å². The van der Waals surface area contributed by atoms with Gasteiger partial charge in [0.25, 0.3) is 0 Å². The van der Waals surface area contributed by atoms with Crippen LogP contribution in [-0.2, 0) is 12.0 Å². The summed E-state index contributed by atoms with van der Waals surface area (Å²) < 4.78 is 5.79. The Bertz CT molecular complexity index is 404. The molecule has 114 valence electrons. The topological polar surface area (TPSA) is 54.2 Å². The minimum Gasteiger partial charge on any atom is -0.423 e. The van der Waals surface area contributed by atoms with Crippen LogP contribution in [0.15, 0.2) is 4.42 Å². The third kappa shape index (κ3) is 4.28. The molecule has 1 N–H and O–H groups in total. The van der Waals surface area contributed by atoms with Gasteiger partial charge in [-0.15, -0.1) is 10.2 Å². The summed E-state index contributed by atoms with van der Waals surface area (Å²) in [7, 11) is 0. The Labute approximate surface area is 122 Å². The summed E-state index contributed by atoms with van der Waals surface area (Å²) >= 11 is 0. The van der Waals surface area contributed by atoms with E-state index in [1.54, 1.807) is 0 Å². The molecule has 0 spiro atoms. The molecule has 1 fully saturated rings. The fraction of sp³-hybridized carbons (Fsp3) is 0.867. The molecule has 1 aliphatic rings. The highest BCUT2D eigenvalue weighted by atomic mass is 16.4. The lowest BCUT2D eigenvalue weighted by Crippen LogP contribution is -2.36. The van der Waals surface area contributed by atoms with E-state index in [0.717, 1.165) is 50.4 Å². The standard InChI is InChI=1S/C15H28N4O/c1-5-19(10-12-6-8-16-9-7-12)11-13-17-18-14(20-13)15(2,3)4/h12,16H,5-11H2,1-4H3. The zero-order valence-electron chi connectivity index (χ0n) is 13.3. The maximum atomic E-state index is 5.79. The van der Waals surface area contributed by atoms with Gasteiger partial charge in [0.15, 0.2) is 0 Å². The predicted molar refractivity (Wildman–Crippen MR) is 79.5 cm³/mol. The number of rotatable bonds is 5. The first-order valence-corrected chi connectivity index (χ1v) is 7.75. The van der Waals surface area contributed by atoms with Gasteiger partial charge < -0.3 is 9.73 Å². The van der Waals surface area contributed by atoms with Crippen molar-refractivity contribution in [3.63, 3.8) is 0 Å². The molecule has 2 rings (SSSR count). The van der Waals surface area contributed by atoms with E-state index in [9.17, 15) is 0 Å². The molecule has 5 nitrogen and oxygen atoms in total. The highest BCUT2D eigenvalue weighted by molar-refractivity contribution is 4.96. The van der Waals surface area contributed by atoms with Gasteiger partial charge >= 0.3 is 0 Å². The number of nitrogens with one attached hydrogen (secondary N) is 1. The Morgan fingerprint density at radius 2 is 1.95 bits per heavy atom. The van der Waals surface area contributed by atoms with Gasteiger partial charge in [-0.2, -0.15) is 0 Å². The van der Waals surface area contributed by atoms with Crippen molar-refractivity contribution in [1.29, 1.82) is 0 Å². The monoisotopic (exact) mass is 280 g/mol. The molecular weight excluding hydrogens is 252 g/mol. The van der Waals surface area contributed by atoms with Gasteiger partial charge in [-0.25, -0.2) is 0 Å². The molecule has 1 aromatic rings. The normalized spacial score (nSPS) is 17.9. The molecule has 1 saturated heterocycles. The third-order valence-electron chi connectivity index (χ3n) is 3.89. The molecule has 0 amide bonds. The summed E-state index contributed by atoms with van der Waals surface area (Å²) in [4.78, 5) is 2.41. The first-order valence-electron chi connectivity index (χ1n) is 7.75. The van der Waals surface area contributed by atoms with E-state index >= 15 is 0 Å². The number of aromatic nitrogens is 2. The van der Waals surface area contributed by atoms with Crippen molar-refractivity contribution < 1.29 is 4.42 Å². The lowest BCUT2D eigenvalue weighted by atomic mass is 9.97. The zero-order valence-corrected chi connectivity index (χ0v) is 13.3. The van der Waals surface area contributed by atoms with E-state index in [1.807, 2.05) is 0 Å². The third-order valence-corrected chi connectivity index (χ3v) is 3.89. The summed E-state index contributed by atoms with van der Waals surface area (Å²) in [5.41, 5.74) is -0.0721. The first kappa shape index (κ1) is 15.4. The molecule has 0 aliphatic carbocycles. The van der Waals surface area contributed by atoms with Crippen LogP contribution < -0.4 is 5.32 Å². The van der Waals surface area contributed by atoms with E-state index in [0.29, 0.717) is 0 Å². The second-order valence-corrected chi connectivity index (χ2v) is 6.77. The van der Waals surface area contributed by atoms with Gasteiger partial charge in [0.2, 0.25) is 11.8 Å². The maximum absolute atomic E-state index is 5.79. The van der Waals surface area contributed by atoms with Crippen LogP contribution in [0.4, 0.5) is 0 Å². The van der Waals surface area contributed by atoms with E-state index in [1.165, 1.54) is 12.8 Å². The molecule has 0 aromatic carbocycles. The van der Waals surface area contributed by atoms with Crippen molar-refractivity contribution >= 4 is 0 Å². The smallest absolute Gasteiger partial charge is 0.230 e. The SMILES string of the molecule is CCN(Cc1nnc(C(C)(C)C)o1)CC1CCNCC1. The van der Waals surface area contributed by atoms with E-state index in [4.69, 9.17) is 4.42 Å². The summed E-state index contributed by atoms with van der Waals surface area (Å²) in [6, 6.07) is 0. The Hall–Kier alpha value is -0.940. The van der Waals surface area contributed by atoms with E-state index in [-0.39, 0.29) is 5.41 Å². The summed E-state index contributed by atoms with van der Waals surface area (Å²) in [6.07, 6.45) is 2.54. The van der Waals surface area contributed by atoms with Crippen LogP contribution in [0.2, 0.25) is 0 Å². The van der Waals surface area contributed by atoms with Gasteiger partial charge in [0.1, 0.15) is 0 Å². The molecule has 0 saturated carbocycles. The molecule has 0 atom stereocenters. The molecule has 2 heterocycles. The summed E-state index contributed by atoms with van der Waals surface area (Å²) in [5, 5.41) is 11.8. The number of piperidine rings is 1. The second kappa shape index (κ2) is 6.68. The minimum absolute atomic E-state index is 0.0721. The van der Waals surface area contributed by atoms with Gasteiger partial charge in [-0.1, -0.05) is 27.7 Å². The van der Waals surface area contributed by atoms with E-state index in [2.05, 4.69) is 48.1 Å². The zero-order chi connectivity index (χ0) is 14.6. The number of hydrogen-bond acceptors (Lipinski definition) is 5.